The van der Waals surface area contributed by atoms with Crippen molar-refractivity contribution in [3.8, 4) is 0 Å². The lowest BCUT2D eigenvalue weighted by Crippen LogP contribution is -2.50. The third-order valence-corrected chi connectivity index (χ3v) is 2.81. The zero-order valence-corrected chi connectivity index (χ0v) is 11.8. The Balaban J connectivity index is 1.89. The first-order valence-electron chi connectivity index (χ1n) is 6.32. The summed E-state index contributed by atoms with van der Waals surface area (Å²) in [5.41, 5.74) is -0.457. The van der Waals surface area contributed by atoms with E-state index in [0.29, 0.717) is 26.2 Å². The number of anilines is 1. The van der Waals surface area contributed by atoms with Gasteiger partial charge >= 0.3 is 6.09 Å². The summed E-state index contributed by atoms with van der Waals surface area (Å²) in [5.74, 6) is 0.726. The van der Waals surface area contributed by atoms with Gasteiger partial charge in [0.2, 0.25) is 5.95 Å². The quantitative estimate of drug-likeness (QED) is 0.727. The van der Waals surface area contributed by atoms with Crippen LogP contribution in [0.25, 0.3) is 0 Å². The van der Waals surface area contributed by atoms with Gasteiger partial charge in [0.1, 0.15) is 5.60 Å². The second-order valence-electron chi connectivity index (χ2n) is 5.56. The molecule has 1 saturated heterocycles. The van der Waals surface area contributed by atoms with Crippen LogP contribution in [0.2, 0.25) is 0 Å². The molecule has 8 heteroatoms. The van der Waals surface area contributed by atoms with E-state index in [1.165, 1.54) is 0 Å². The van der Waals surface area contributed by atoms with Gasteiger partial charge in [0, 0.05) is 33.2 Å². The number of tetrazole rings is 1. The Morgan fingerprint density at radius 1 is 1.21 bits per heavy atom. The van der Waals surface area contributed by atoms with E-state index in [9.17, 15) is 4.79 Å². The molecule has 0 radical (unpaired) electrons. The van der Waals surface area contributed by atoms with Gasteiger partial charge in [-0.1, -0.05) is 5.10 Å². The molecule has 1 aromatic heterocycles. The Labute approximate surface area is 112 Å². The first kappa shape index (κ1) is 13.6. The number of ether oxygens (including phenoxy) is 1. The van der Waals surface area contributed by atoms with Gasteiger partial charge in [-0.25, -0.2) is 9.48 Å². The first-order chi connectivity index (χ1) is 8.87. The van der Waals surface area contributed by atoms with E-state index in [1.807, 2.05) is 20.8 Å². The molecule has 0 bridgehead atoms. The lowest BCUT2D eigenvalue weighted by molar-refractivity contribution is 0.0240. The molecule has 1 fully saturated rings. The molecule has 2 rings (SSSR count). The molecule has 2 heterocycles. The zero-order valence-electron chi connectivity index (χ0n) is 11.8. The number of amides is 1. The Bertz CT molecular complexity index is 444. The predicted octanol–water partition coefficient (Wildman–Crippen LogP) is 0.267. The number of aromatic nitrogens is 4. The summed E-state index contributed by atoms with van der Waals surface area (Å²) in [6.07, 6.45) is -0.261. The summed E-state index contributed by atoms with van der Waals surface area (Å²) < 4.78 is 6.98. The second kappa shape index (κ2) is 5.02. The maximum absolute atomic E-state index is 11.9. The minimum Gasteiger partial charge on any atom is -0.444 e. The van der Waals surface area contributed by atoms with Crippen LogP contribution in [0.4, 0.5) is 10.7 Å². The lowest BCUT2D eigenvalue weighted by Gasteiger charge is -2.35. The van der Waals surface area contributed by atoms with Crippen LogP contribution < -0.4 is 4.90 Å². The highest BCUT2D eigenvalue weighted by molar-refractivity contribution is 5.68. The number of carbonyl (C=O) groups is 1. The summed E-state index contributed by atoms with van der Waals surface area (Å²) >= 11 is 0. The summed E-state index contributed by atoms with van der Waals surface area (Å²) in [6.45, 7) is 8.23. The molecule has 106 valence electrons. The number of piperazine rings is 1. The van der Waals surface area contributed by atoms with Crippen LogP contribution in [0.1, 0.15) is 20.8 Å². The van der Waals surface area contributed by atoms with Crippen molar-refractivity contribution in [2.24, 2.45) is 7.05 Å². The van der Waals surface area contributed by atoms with Crippen LogP contribution in [0.15, 0.2) is 0 Å². The van der Waals surface area contributed by atoms with Crippen LogP contribution in [-0.4, -0.2) is 63.0 Å². The fraction of sp³-hybridized carbons (Fsp3) is 0.818. The summed E-state index contributed by atoms with van der Waals surface area (Å²) in [7, 11) is 1.80. The average molecular weight is 268 g/mol. The fourth-order valence-electron chi connectivity index (χ4n) is 1.91. The molecule has 19 heavy (non-hydrogen) atoms. The minimum absolute atomic E-state index is 0.261. The molecule has 8 nitrogen and oxygen atoms in total. The van der Waals surface area contributed by atoms with Gasteiger partial charge in [0.25, 0.3) is 0 Å². The molecule has 1 amide bonds. The van der Waals surface area contributed by atoms with Crippen molar-refractivity contribution in [3.63, 3.8) is 0 Å². The van der Waals surface area contributed by atoms with Crippen LogP contribution in [-0.2, 0) is 11.8 Å². The molecule has 1 aromatic rings. The monoisotopic (exact) mass is 268 g/mol. The van der Waals surface area contributed by atoms with E-state index in [2.05, 4.69) is 20.4 Å². The molecule has 1 aliphatic rings. The number of carbonyl (C=O) groups excluding carboxylic acids is 1. The van der Waals surface area contributed by atoms with Crippen LogP contribution >= 0.6 is 0 Å². The third kappa shape index (κ3) is 3.33. The molecule has 0 spiro atoms. The van der Waals surface area contributed by atoms with Crippen molar-refractivity contribution >= 4 is 12.0 Å². The molecular weight excluding hydrogens is 248 g/mol. The van der Waals surface area contributed by atoms with Crippen molar-refractivity contribution in [2.45, 2.75) is 26.4 Å². The number of hydrogen-bond donors (Lipinski definition) is 0. The Hall–Kier alpha value is -1.86. The van der Waals surface area contributed by atoms with E-state index in [1.54, 1.807) is 16.6 Å². The standard InChI is InChI=1S/C11H20N6O2/c1-11(2,3)19-10(18)17-7-5-16(6-8-17)9-12-13-14-15(9)4/h5-8H2,1-4H3. The third-order valence-electron chi connectivity index (χ3n) is 2.81. The maximum atomic E-state index is 11.9. The average Bonchev–Trinajstić information content (AvgIpc) is 2.73. The summed E-state index contributed by atoms with van der Waals surface area (Å²) in [5, 5.41) is 11.4. The summed E-state index contributed by atoms with van der Waals surface area (Å²) in [6, 6.07) is 0. The smallest absolute Gasteiger partial charge is 0.410 e. The van der Waals surface area contributed by atoms with Crippen LogP contribution in [0, 0.1) is 0 Å². The predicted molar refractivity (Wildman–Crippen MR) is 68.8 cm³/mol. The zero-order chi connectivity index (χ0) is 14.0. The number of hydrogen-bond acceptors (Lipinski definition) is 6. The van der Waals surface area contributed by atoms with Crippen molar-refractivity contribution in [1.82, 2.24) is 25.1 Å². The largest absolute Gasteiger partial charge is 0.444 e. The van der Waals surface area contributed by atoms with Crippen molar-refractivity contribution in [3.05, 3.63) is 0 Å². The maximum Gasteiger partial charge on any atom is 0.410 e. The van der Waals surface area contributed by atoms with E-state index in [0.717, 1.165) is 5.95 Å². The highest BCUT2D eigenvalue weighted by Crippen LogP contribution is 2.14. The molecule has 0 unspecified atom stereocenters. The normalized spacial score (nSPS) is 16.6. The van der Waals surface area contributed by atoms with Gasteiger partial charge in [-0.15, -0.1) is 0 Å². The van der Waals surface area contributed by atoms with Crippen molar-refractivity contribution in [2.75, 3.05) is 31.1 Å². The topological polar surface area (TPSA) is 76.4 Å². The van der Waals surface area contributed by atoms with Crippen molar-refractivity contribution in [1.29, 1.82) is 0 Å². The minimum atomic E-state index is -0.457. The molecule has 0 aromatic carbocycles. The van der Waals surface area contributed by atoms with Gasteiger partial charge in [0.05, 0.1) is 0 Å². The molecule has 1 aliphatic heterocycles. The Morgan fingerprint density at radius 2 is 1.84 bits per heavy atom. The van der Waals surface area contributed by atoms with Gasteiger partial charge < -0.3 is 14.5 Å². The van der Waals surface area contributed by atoms with Crippen LogP contribution in [0.5, 0.6) is 0 Å². The molecule has 0 aliphatic carbocycles. The van der Waals surface area contributed by atoms with E-state index in [4.69, 9.17) is 4.74 Å². The van der Waals surface area contributed by atoms with E-state index in [-0.39, 0.29) is 6.09 Å². The highest BCUT2D eigenvalue weighted by Gasteiger charge is 2.27. The second-order valence-corrected chi connectivity index (χ2v) is 5.56. The SMILES string of the molecule is Cn1nnnc1N1CCN(C(=O)OC(C)(C)C)CC1. The van der Waals surface area contributed by atoms with Gasteiger partial charge in [-0.05, 0) is 31.2 Å². The first-order valence-corrected chi connectivity index (χ1v) is 6.32. The molecule has 0 atom stereocenters. The van der Waals surface area contributed by atoms with E-state index < -0.39 is 5.60 Å². The van der Waals surface area contributed by atoms with Gasteiger partial charge in [0.15, 0.2) is 0 Å². The van der Waals surface area contributed by atoms with Gasteiger partial charge in [-0.3, -0.25) is 0 Å². The summed E-state index contributed by atoms with van der Waals surface area (Å²) in [4.78, 5) is 15.7. The molecule has 0 saturated carbocycles. The van der Waals surface area contributed by atoms with Gasteiger partial charge in [-0.2, -0.15) is 0 Å². The Kier molecular flexibility index (Phi) is 3.59. The fourth-order valence-corrected chi connectivity index (χ4v) is 1.91. The molecular formula is C11H20N6O2. The number of nitrogens with zero attached hydrogens (tertiary/aromatic N) is 6. The number of aryl methyl sites for hydroxylation is 1. The highest BCUT2D eigenvalue weighted by atomic mass is 16.6. The lowest BCUT2D eigenvalue weighted by atomic mass is 10.2. The number of rotatable bonds is 1. The van der Waals surface area contributed by atoms with E-state index >= 15 is 0 Å². The van der Waals surface area contributed by atoms with Crippen molar-refractivity contribution < 1.29 is 9.53 Å². The molecule has 0 N–H and O–H groups in total. The Morgan fingerprint density at radius 3 is 2.32 bits per heavy atom. The van der Waals surface area contributed by atoms with Crippen LogP contribution in [0.3, 0.4) is 0 Å².